The largest absolute Gasteiger partial charge is 0.348 e. The number of carbonyl (C=O) groups is 1. The summed E-state index contributed by atoms with van der Waals surface area (Å²) in [5, 5.41) is 9.13. The second-order valence-corrected chi connectivity index (χ2v) is 8.21. The molecular formula is C20H25FN4OS. The number of hydrogen-bond acceptors (Lipinski definition) is 5. The molecule has 0 bridgehead atoms. The molecule has 2 aromatic rings. The van der Waals surface area contributed by atoms with Crippen LogP contribution in [0.3, 0.4) is 0 Å². The molecule has 3 heterocycles. The summed E-state index contributed by atoms with van der Waals surface area (Å²) in [7, 11) is 0. The fourth-order valence-corrected chi connectivity index (χ4v) is 4.67. The minimum atomic E-state index is -0.475. The molecule has 27 heavy (non-hydrogen) atoms. The van der Waals surface area contributed by atoms with E-state index >= 15 is 0 Å². The van der Waals surface area contributed by atoms with Gasteiger partial charge in [-0.1, -0.05) is 6.07 Å². The Balaban J connectivity index is 1.37. The first-order valence-electron chi connectivity index (χ1n) is 9.66. The normalized spacial score (nSPS) is 19.6. The Morgan fingerprint density at radius 1 is 1.37 bits per heavy atom. The summed E-state index contributed by atoms with van der Waals surface area (Å²) in [5.41, 5.74) is 1.96. The maximum absolute atomic E-state index is 14.2. The molecule has 1 aromatic carbocycles. The number of amides is 1. The summed E-state index contributed by atoms with van der Waals surface area (Å²) >= 11 is 1.60. The van der Waals surface area contributed by atoms with Crippen LogP contribution in [0.2, 0.25) is 0 Å². The van der Waals surface area contributed by atoms with E-state index in [9.17, 15) is 9.18 Å². The molecule has 144 valence electrons. The summed E-state index contributed by atoms with van der Waals surface area (Å²) < 4.78 is 14.2. The topological polar surface area (TPSA) is 57.3 Å². The number of rotatable bonds is 6. The summed E-state index contributed by atoms with van der Waals surface area (Å²) in [4.78, 5) is 19.4. The van der Waals surface area contributed by atoms with Crippen molar-refractivity contribution in [1.82, 2.24) is 15.6 Å². The first kappa shape index (κ1) is 18.4. The first-order chi connectivity index (χ1) is 13.2. The first-order valence-corrected chi connectivity index (χ1v) is 10.5. The van der Waals surface area contributed by atoms with Crippen LogP contribution in [0.15, 0.2) is 23.6 Å². The highest BCUT2D eigenvalue weighted by atomic mass is 32.1. The molecule has 2 fully saturated rings. The van der Waals surface area contributed by atoms with Gasteiger partial charge < -0.3 is 15.5 Å². The molecule has 4 rings (SSSR count). The molecule has 2 aliphatic heterocycles. The van der Waals surface area contributed by atoms with Crippen molar-refractivity contribution in [2.75, 3.05) is 31.1 Å². The van der Waals surface area contributed by atoms with Crippen molar-refractivity contribution in [3.05, 3.63) is 46.2 Å². The average Bonchev–Trinajstić information content (AvgIpc) is 3.43. The molecule has 5 nitrogen and oxygen atoms in total. The molecule has 0 radical (unpaired) electrons. The highest BCUT2D eigenvalue weighted by Gasteiger charge is 2.19. The van der Waals surface area contributed by atoms with Gasteiger partial charge in [0.2, 0.25) is 0 Å². The molecule has 0 spiro atoms. The van der Waals surface area contributed by atoms with Gasteiger partial charge in [-0.25, -0.2) is 9.37 Å². The van der Waals surface area contributed by atoms with Crippen LogP contribution < -0.4 is 15.5 Å². The van der Waals surface area contributed by atoms with E-state index in [4.69, 9.17) is 0 Å². The lowest BCUT2D eigenvalue weighted by molar-refractivity contribution is 0.0946. The predicted molar refractivity (Wildman–Crippen MR) is 106 cm³/mol. The fraction of sp³-hybridized carbons (Fsp3) is 0.500. The zero-order chi connectivity index (χ0) is 18.6. The van der Waals surface area contributed by atoms with Crippen LogP contribution in [0.4, 0.5) is 9.52 Å². The molecule has 2 saturated heterocycles. The number of benzene rings is 1. The fourth-order valence-electron chi connectivity index (χ4n) is 3.79. The number of halogens is 1. The lowest BCUT2D eigenvalue weighted by atomic mass is 9.97. The van der Waals surface area contributed by atoms with Gasteiger partial charge >= 0.3 is 0 Å². The Bertz CT molecular complexity index is 797. The second kappa shape index (κ2) is 8.35. The van der Waals surface area contributed by atoms with Crippen LogP contribution in [0, 0.1) is 11.7 Å². The molecule has 1 atom stereocenters. The highest BCUT2D eigenvalue weighted by Crippen LogP contribution is 2.24. The Labute approximate surface area is 163 Å². The van der Waals surface area contributed by atoms with Crippen LogP contribution in [0.5, 0.6) is 0 Å². The van der Waals surface area contributed by atoms with Crippen LogP contribution in [-0.2, 0) is 13.0 Å². The summed E-state index contributed by atoms with van der Waals surface area (Å²) in [6, 6.07) is 4.88. The maximum Gasteiger partial charge on any atom is 0.254 e. The maximum atomic E-state index is 14.2. The minimum Gasteiger partial charge on any atom is -0.348 e. The van der Waals surface area contributed by atoms with Gasteiger partial charge in [-0.2, -0.15) is 0 Å². The SMILES string of the molecule is O=C(NCc1csc(N2CCCC2)n1)c1cc(CC2CCNC2)ccc1F. The standard InChI is InChI=1S/C20H25FN4OS/c21-18-4-3-14(9-15-5-6-22-11-15)10-17(18)19(26)23-12-16-13-27-20(24-16)25-7-1-2-8-25/h3-4,10,13,15,22H,1-2,5-9,11-12H2,(H,23,26). The number of thiazole rings is 1. The zero-order valence-corrected chi connectivity index (χ0v) is 16.2. The van der Waals surface area contributed by atoms with Crippen molar-refractivity contribution in [1.29, 1.82) is 0 Å². The molecule has 1 aromatic heterocycles. The Kier molecular flexibility index (Phi) is 5.69. The van der Waals surface area contributed by atoms with Crippen molar-refractivity contribution < 1.29 is 9.18 Å². The van der Waals surface area contributed by atoms with Gasteiger partial charge in [0, 0.05) is 18.5 Å². The van der Waals surface area contributed by atoms with Gasteiger partial charge in [0.25, 0.3) is 5.91 Å². The third-order valence-electron chi connectivity index (χ3n) is 5.31. The minimum absolute atomic E-state index is 0.119. The number of hydrogen-bond donors (Lipinski definition) is 2. The predicted octanol–water partition coefficient (Wildman–Crippen LogP) is 2.96. The van der Waals surface area contributed by atoms with E-state index in [1.807, 2.05) is 5.38 Å². The third kappa shape index (κ3) is 4.47. The lowest BCUT2D eigenvalue weighted by Gasteiger charge is -2.12. The van der Waals surface area contributed by atoms with Crippen molar-refractivity contribution in [2.24, 2.45) is 5.92 Å². The summed E-state index contributed by atoms with van der Waals surface area (Å²) in [6.07, 6.45) is 4.41. The zero-order valence-electron chi connectivity index (χ0n) is 15.3. The Morgan fingerprint density at radius 3 is 3.00 bits per heavy atom. The molecule has 7 heteroatoms. The molecule has 2 aliphatic rings. The number of aromatic nitrogens is 1. The van der Waals surface area contributed by atoms with Crippen LogP contribution >= 0.6 is 11.3 Å². The van der Waals surface area contributed by atoms with Crippen molar-refractivity contribution >= 4 is 22.4 Å². The quantitative estimate of drug-likeness (QED) is 0.799. The smallest absolute Gasteiger partial charge is 0.254 e. The van der Waals surface area contributed by atoms with Gasteiger partial charge in [0.15, 0.2) is 5.13 Å². The lowest BCUT2D eigenvalue weighted by Crippen LogP contribution is -2.24. The molecule has 2 N–H and O–H groups in total. The van der Waals surface area contributed by atoms with Gasteiger partial charge in [-0.3, -0.25) is 4.79 Å². The van der Waals surface area contributed by atoms with Crippen LogP contribution in [0.25, 0.3) is 0 Å². The number of anilines is 1. The van der Waals surface area contributed by atoms with E-state index in [1.54, 1.807) is 23.5 Å². The van der Waals surface area contributed by atoms with Gasteiger partial charge in [-0.15, -0.1) is 11.3 Å². The Hall–Kier alpha value is -1.99. The van der Waals surface area contributed by atoms with E-state index in [-0.39, 0.29) is 11.5 Å². The number of carbonyl (C=O) groups excluding carboxylic acids is 1. The van der Waals surface area contributed by atoms with E-state index in [0.29, 0.717) is 12.5 Å². The van der Waals surface area contributed by atoms with E-state index in [2.05, 4.69) is 20.5 Å². The van der Waals surface area contributed by atoms with Gasteiger partial charge in [-0.05, 0) is 62.4 Å². The van der Waals surface area contributed by atoms with Crippen molar-refractivity contribution in [3.8, 4) is 0 Å². The molecule has 0 aliphatic carbocycles. The van der Waals surface area contributed by atoms with Gasteiger partial charge in [0.1, 0.15) is 5.82 Å². The molecule has 1 amide bonds. The average molecular weight is 389 g/mol. The monoisotopic (exact) mass is 388 g/mol. The van der Waals surface area contributed by atoms with Crippen molar-refractivity contribution in [2.45, 2.75) is 32.2 Å². The van der Waals surface area contributed by atoms with E-state index in [1.165, 1.54) is 18.9 Å². The van der Waals surface area contributed by atoms with Gasteiger partial charge in [0.05, 0.1) is 17.8 Å². The molecular weight excluding hydrogens is 363 g/mol. The van der Waals surface area contributed by atoms with Crippen LogP contribution in [0.1, 0.15) is 40.9 Å². The van der Waals surface area contributed by atoms with Crippen LogP contribution in [-0.4, -0.2) is 37.1 Å². The Morgan fingerprint density at radius 2 is 2.22 bits per heavy atom. The summed E-state index contributed by atoms with van der Waals surface area (Å²) in [6.45, 7) is 4.44. The molecule has 0 saturated carbocycles. The summed E-state index contributed by atoms with van der Waals surface area (Å²) in [5.74, 6) is -0.295. The third-order valence-corrected chi connectivity index (χ3v) is 6.26. The van der Waals surface area contributed by atoms with E-state index in [0.717, 1.165) is 55.4 Å². The molecule has 1 unspecified atom stereocenters. The van der Waals surface area contributed by atoms with Crippen molar-refractivity contribution in [3.63, 3.8) is 0 Å². The number of nitrogens with one attached hydrogen (secondary N) is 2. The number of nitrogens with zero attached hydrogens (tertiary/aromatic N) is 2. The highest BCUT2D eigenvalue weighted by molar-refractivity contribution is 7.13. The second-order valence-electron chi connectivity index (χ2n) is 7.38. The van der Waals surface area contributed by atoms with E-state index < -0.39 is 5.82 Å².